The van der Waals surface area contributed by atoms with Gasteiger partial charge in [0.2, 0.25) is 0 Å². The van der Waals surface area contributed by atoms with Gasteiger partial charge in [-0.15, -0.1) is 0 Å². The molecule has 1 heterocycles. The van der Waals surface area contributed by atoms with Crippen LogP contribution in [0.4, 0.5) is 10.5 Å². The summed E-state index contributed by atoms with van der Waals surface area (Å²) in [6.07, 6.45) is -0.475. The normalized spacial score (nSPS) is 15.8. The maximum absolute atomic E-state index is 12.4. The number of Topliss-reactive ketones (excluding diaryl/α,β-unsaturated/α-hetero) is 1. The average Bonchev–Trinajstić information content (AvgIpc) is 2.66. The van der Waals surface area contributed by atoms with Crippen molar-refractivity contribution < 1.29 is 28.7 Å². The van der Waals surface area contributed by atoms with Crippen LogP contribution in [0.2, 0.25) is 0 Å². The predicted octanol–water partition coefficient (Wildman–Crippen LogP) is 3.41. The van der Waals surface area contributed by atoms with Crippen molar-refractivity contribution in [2.75, 3.05) is 18.4 Å². The topological polar surface area (TPSA) is 102 Å². The Labute approximate surface area is 176 Å². The SMILES string of the molecule is CC(=O)c1cccc(NC(=O)[C@H](C)OC(=O)C2CCN(C(=O)OC(C)(C)C)CC2)c1. The fourth-order valence-electron chi connectivity index (χ4n) is 3.01. The first-order chi connectivity index (χ1) is 14.0. The largest absolute Gasteiger partial charge is 0.452 e. The third-order valence-electron chi connectivity index (χ3n) is 4.68. The number of ether oxygens (including phenoxy) is 2. The molecule has 8 heteroatoms. The molecule has 1 aliphatic heterocycles. The molecule has 0 unspecified atom stereocenters. The minimum atomic E-state index is -0.984. The van der Waals surface area contributed by atoms with Gasteiger partial charge >= 0.3 is 12.1 Å². The second kappa shape index (κ2) is 9.73. The lowest BCUT2D eigenvalue weighted by Gasteiger charge is -2.32. The minimum Gasteiger partial charge on any atom is -0.452 e. The van der Waals surface area contributed by atoms with Gasteiger partial charge in [-0.1, -0.05) is 12.1 Å². The van der Waals surface area contributed by atoms with Crippen LogP contribution in [0.15, 0.2) is 24.3 Å². The Kier molecular flexibility index (Phi) is 7.59. The third kappa shape index (κ3) is 6.86. The van der Waals surface area contributed by atoms with Crippen molar-refractivity contribution >= 4 is 29.4 Å². The number of ketones is 1. The molecule has 1 N–H and O–H groups in total. The van der Waals surface area contributed by atoms with Crippen LogP contribution in [0.3, 0.4) is 0 Å². The van der Waals surface area contributed by atoms with Gasteiger partial charge in [-0.05, 0) is 59.6 Å². The highest BCUT2D eigenvalue weighted by molar-refractivity contribution is 5.98. The van der Waals surface area contributed by atoms with Crippen LogP contribution in [0, 0.1) is 5.92 Å². The van der Waals surface area contributed by atoms with Gasteiger partial charge in [0.05, 0.1) is 5.92 Å². The number of likely N-dealkylation sites (tertiary alicyclic amines) is 1. The standard InChI is InChI=1S/C22H30N2O6/c1-14(25)17-7-6-8-18(13-17)23-19(26)15(2)29-20(27)16-9-11-24(12-10-16)21(28)30-22(3,4)5/h6-8,13,15-16H,9-12H2,1-5H3,(H,23,26)/t15-/m0/s1. The zero-order chi connectivity index (χ0) is 22.5. The number of anilines is 1. The van der Waals surface area contributed by atoms with E-state index in [0.717, 1.165) is 0 Å². The number of hydrogen-bond acceptors (Lipinski definition) is 6. The van der Waals surface area contributed by atoms with Crippen molar-refractivity contribution in [3.8, 4) is 0 Å². The molecule has 1 saturated heterocycles. The molecule has 1 aromatic carbocycles. The third-order valence-corrected chi connectivity index (χ3v) is 4.68. The molecule has 0 bridgehead atoms. The van der Waals surface area contributed by atoms with Crippen LogP contribution >= 0.6 is 0 Å². The molecule has 30 heavy (non-hydrogen) atoms. The Hall–Kier alpha value is -2.90. The molecule has 0 saturated carbocycles. The van der Waals surface area contributed by atoms with Gasteiger partial charge in [0.15, 0.2) is 11.9 Å². The number of carbonyl (C=O) groups is 4. The quantitative estimate of drug-likeness (QED) is 0.581. The van der Waals surface area contributed by atoms with Gasteiger partial charge < -0.3 is 19.7 Å². The lowest BCUT2D eigenvalue weighted by molar-refractivity contribution is -0.158. The summed E-state index contributed by atoms with van der Waals surface area (Å²) in [6, 6.07) is 6.55. The van der Waals surface area contributed by atoms with Gasteiger partial charge in [0.25, 0.3) is 5.91 Å². The second-order valence-electron chi connectivity index (χ2n) is 8.45. The van der Waals surface area contributed by atoms with Gasteiger partial charge in [0, 0.05) is 24.3 Å². The van der Waals surface area contributed by atoms with Crippen molar-refractivity contribution in [3.63, 3.8) is 0 Å². The van der Waals surface area contributed by atoms with Crippen LogP contribution in [-0.4, -0.2) is 53.4 Å². The number of piperidine rings is 1. The van der Waals surface area contributed by atoms with E-state index in [-0.39, 0.29) is 11.7 Å². The molecule has 2 amide bonds. The van der Waals surface area contributed by atoms with Crippen LogP contribution in [0.1, 0.15) is 57.8 Å². The molecule has 0 aromatic heterocycles. The van der Waals surface area contributed by atoms with Crippen LogP contribution in [-0.2, 0) is 19.1 Å². The van der Waals surface area contributed by atoms with Crippen molar-refractivity contribution in [2.24, 2.45) is 5.92 Å². The maximum Gasteiger partial charge on any atom is 0.410 e. The Morgan fingerprint density at radius 3 is 2.33 bits per heavy atom. The maximum atomic E-state index is 12.4. The van der Waals surface area contributed by atoms with E-state index in [4.69, 9.17) is 9.47 Å². The van der Waals surface area contributed by atoms with Crippen LogP contribution < -0.4 is 5.32 Å². The highest BCUT2D eigenvalue weighted by Crippen LogP contribution is 2.21. The van der Waals surface area contributed by atoms with Gasteiger partial charge in [-0.25, -0.2) is 4.79 Å². The Balaban J connectivity index is 1.83. The van der Waals surface area contributed by atoms with E-state index in [0.29, 0.717) is 37.2 Å². The fraction of sp³-hybridized carbons (Fsp3) is 0.545. The Morgan fingerprint density at radius 2 is 1.77 bits per heavy atom. The number of nitrogens with one attached hydrogen (secondary N) is 1. The van der Waals surface area contributed by atoms with Gasteiger partial charge in [0.1, 0.15) is 5.60 Å². The van der Waals surface area contributed by atoms with E-state index in [1.807, 2.05) is 0 Å². The summed E-state index contributed by atoms with van der Waals surface area (Å²) < 4.78 is 10.7. The van der Waals surface area contributed by atoms with Gasteiger partial charge in [-0.3, -0.25) is 14.4 Å². The first-order valence-electron chi connectivity index (χ1n) is 10.1. The smallest absolute Gasteiger partial charge is 0.410 e. The minimum absolute atomic E-state index is 0.108. The van der Waals surface area contributed by atoms with Crippen LogP contribution in [0.5, 0.6) is 0 Å². The fourth-order valence-corrected chi connectivity index (χ4v) is 3.01. The molecule has 1 atom stereocenters. The molecule has 0 aliphatic carbocycles. The molecular formula is C22H30N2O6. The lowest BCUT2D eigenvalue weighted by atomic mass is 9.97. The summed E-state index contributed by atoms with van der Waals surface area (Å²) in [6.45, 7) is 9.14. The van der Waals surface area contributed by atoms with Crippen molar-refractivity contribution in [1.29, 1.82) is 0 Å². The second-order valence-corrected chi connectivity index (χ2v) is 8.45. The first-order valence-corrected chi connectivity index (χ1v) is 10.1. The van der Waals surface area contributed by atoms with Crippen LogP contribution in [0.25, 0.3) is 0 Å². The summed E-state index contributed by atoms with van der Waals surface area (Å²) in [4.78, 5) is 49.9. The lowest BCUT2D eigenvalue weighted by Crippen LogP contribution is -2.43. The highest BCUT2D eigenvalue weighted by atomic mass is 16.6. The van der Waals surface area contributed by atoms with E-state index < -0.39 is 29.7 Å². The Morgan fingerprint density at radius 1 is 1.13 bits per heavy atom. The zero-order valence-corrected chi connectivity index (χ0v) is 18.2. The molecular weight excluding hydrogens is 388 g/mol. The summed E-state index contributed by atoms with van der Waals surface area (Å²) in [7, 11) is 0. The van der Waals surface area contributed by atoms with Crippen molar-refractivity contribution in [3.05, 3.63) is 29.8 Å². The summed E-state index contributed by atoms with van der Waals surface area (Å²) >= 11 is 0. The summed E-state index contributed by atoms with van der Waals surface area (Å²) in [5.41, 5.74) is 0.370. The zero-order valence-electron chi connectivity index (χ0n) is 18.2. The summed E-state index contributed by atoms with van der Waals surface area (Å²) in [5.74, 6) is -1.42. The molecule has 1 aliphatic rings. The number of rotatable bonds is 5. The summed E-state index contributed by atoms with van der Waals surface area (Å²) in [5, 5.41) is 2.65. The molecule has 1 fully saturated rings. The highest BCUT2D eigenvalue weighted by Gasteiger charge is 2.32. The predicted molar refractivity (Wildman–Crippen MR) is 111 cm³/mol. The van der Waals surface area contributed by atoms with E-state index >= 15 is 0 Å². The molecule has 2 rings (SSSR count). The number of carbonyl (C=O) groups excluding carboxylic acids is 4. The molecule has 8 nitrogen and oxygen atoms in total. The van der Waals surface area contributed by atoms with E-state index in [2.05, 4.69) is 5.32 Å². The number of benzene rings is 1. The Bertz CT molecular complexity index is 806. The van der Waals surface area contributed by atoms with Crippen molar-refractivity contribution in [1.82, 2.24) is 4.90 Å². The first kappa shape index (κ1) is 23.4. The molecule has 0 radical (unpaired) electrons. The molecule has 1 aromatic rings. The molecule has 0 spiro atoms. The van der Waals surface area contributed by atoms with E-state index in [1.54, 1.807) is 49.9 Å². The number of esters is 1. The van der Waals surface area contributed by atoms with Gasteiger partial charge in [-0.2, -0.15) is 0 Å². The van der Waals surface area contributed by atoms with E-state index in [1.165, 1.54) is 13.8 Å². The number of amides is 2. The monoisotopic (exact) mass is 418 g/mol. The average molecular weight is 418 g/mol. The van der Waals surface area contributed by atoms with Crippen molar-refractivity contribution in [2.45, 2.75) is 59.2 Å². The van der Waals surface area contributed by atoms with E-state index in [9.17, 15) is 19.2 Å². The molecule has 164 valence electrons. The number of nitrogens with zero attached hydrogens (tertiary/aromatic N) is 1. The number of hydrogen-bond donors (Lipinski definition) is 1.